The van der Waals surface area contributed by atoms with Crippen molar-refractivity contribution in [3.63, 3.8) is 0 Å². The Bertz CT molecular complexity index is 153. The second-order valence-corrected chi connectivity index (χ2v) is 4.45. The van der Waals surface area contributed by atoms with Crippen molar-refractivity contribution in [2.75, 3.05) is 25.1 Å². The van der Waals surface area contributed by atoms with Gasteiger partial charge in [-0.25, -0.2) is 0 Å². The van der Waals surface area contributed by atoms with E-state index < -0.39 is 0 Å². The summed E-state index contributed by atoms with van der Waals surface area (Å²) in [6.45, 7) is 3.43. The molecule has 1 amide bonds. The van der Waals surface area contributed by atoms with Gasteiger partial charge in [0.1, 0.15) is 0 Å². The van der Waals surface area contributed by atoms with Crippen LogP contribution in [0, 0.1) is 5.92 Å². The summed E-state index contributed by atoms with van der Waals surface area (Å²) in [5.74, 6) is 1.38. The molecule has 0 spiro atoms. The number of nitrogens with one attached hydrogen (secondary N) is 1. The summed E-state index contributed by atoms with van der Waals surface area (Å²) in [6, 6.07) is 0. The van der Waals surface area contributed by atoms with Crippen molar-refractivity contribution in [1.29, 1.82) is 0 Å². The molecule has 0 aliphatic carbocycles. The molecule has 4 heteroatoms. The van der Waals surface area contributed by atoms with Crippen molar-refractivity contribution >= 4 is 17.7 Å². The zero-order valence-corrected chi connectivity index (χ0v) is 10.0. The second-order valence-electron chi connectivity index (χ2n) is 3.47. The molecule has 1 atom stereocenters. The third-order valence-corrected chi connectivity index (χ3v) is 2.81. The third kappa shape index (κ3) is 7.21. The molecule has 0 aromatic carbocycles. The highest BCUT2D eigenvalue weighted by molar-refractivity contribution is 7.98. The molecule has 0 heterocycles. The predicted molar refractivity (Wildman–Crippen MR) is 63.5 cm³/mol. The molecule has 0 rings (SSSR count). The highest BCUT2D eigenvalue weighted by atomic mass is 32.2. The molecule has 14 heavy (non-hydrogen) atoms. The van der Waals surface area contributed by atoms with Crippen molar-refractivity contribution in [2.24, 2.45) is 11.7 Å². The predicted octanol–water partition coefficient (Wildman–Crippen LogP) is 1.23. The van der Waals surface area contributed by atoms with Crippen molar-refractivity contribution in [3.8, 4) is 0 Å². The van der Waals surface area contributed by atoms with Crippen molar-refractivity contribution in [3.05, 3.63) is 0 Å². The molecule has 0 aliphatic heterocycles. The van der Waals surface area contributed by atoms with E-state index in [0.29, 0.717) is 6.54 Å². The Morgan fingerprint density at radius 1 is 1.50 bits per heavy atom. The Morgan fingerprint density at radius 3 is 2.79 bits per heavy atom. The summed E-state index contributed by atoms with van der Waals surface area (Å²) in [5, 5.41) is 2.93. The molecule has 1 unspecified atom stereocenters. The van der Waals surface area contributed by atoms with Crippen molar-refractivity contribution in [2.45, 2.75) is 26.2 Å². The SMILES string of the molecule is CSCCCNC(=O)C(C)CCCN. The monoisotopic (exact) mass is 218 g/mol. The van der Waals surface area contributed by atoms with E-state index in [9.17, 15) is 4.79 Å². The van der Waals surface area contributed by atoms with E-state index in [0.717, 1.165) is 31.6 Å². The minimum Gasteiger partial charge on any atom is -0.356 e. The van der Waals surface area contributed by atoms with Crippen LogP contribution in [0.2, 0.25) is 0 Å². The van der Waals surface area contributed by atoms with Crippen LogP contribution in [-0.4, -0.2) is 31.0 Å². The molecule has 0 aromatic heterocycles. The first kappa shape index (κ1) is 13.8. The summed E-state index contributed by atoms with van der Waals surface area (Å²) in [6.07, 6.45) is 4.95. The first-order valence-corrected chi connectivity index (χ1v) is 6.58. The molecular weight excluding hydrogens is 196 g/mol. The van der Waals surface area contributed by atoms with E-state index in [1.54, 1.807) is 0 Å². The summed E-state index contributed by atoms with van der Waals surface area (Å²) in [4.78, 5) is 11.5. The van der Waals surface area contributed by atoms with E-state index in [2.05, 4.69) is 11.6 Å². The lowest BCUT2D eigenvalue weighted by molar-refractivity contribution is -0.124. The van der Waals surface area contributed by atoms with Gasteiger partial charge in [0.05, 0.1) is 0 Å². The van der Waals surface area contributed by atoms with Crippen LogP contribution in [0.3, 0.4) is 0 Å². The van der Waals surface area contributed by atoms with Gasteiger partial charge in [0.2, 0.25) is 5.91 Å². The first-order valence-electron chi connectivity index (χ1n) is 5.19. The summed E-state index contributed by atoms with van der Waals surface area (Å²) < 4.78 is 0. The molecule has 0 saturated carbocycles. The number of thioether (sulfide) groups is 1. The molecule has 0 aliphatic rings. The second kappa shape index (κ2) is 9.34. The Hall–Kier alpha value is -0.220. The fraction of sp³-hybridized carbons (Fsp3) is 0.900. The maximum atomic E-state index is 11.5. The van der Waals surface area contributed by atoms with Crippen LogP contribution < -0.4 is 11.1 Å². The smallest absolute Gasteiger partial charge is 0.222 e. The summed E-state index contributed by atoms with van der Waals surface area (Å²) in [7, 11) is 0. The van der Waals surface area contributed by atoms with Crippen LogP contribution in [0.4, 0.5) is 0 Å². The number of hydrogen-bond donors (Lipinski definition) is 2. The topological polar surface area (TPSA) is 55.1 Å². The van der Waals surface area contributed by atoms with Gasteiger partial charge in [-0.3, -0.25) is 4.79 Å². The van der Waals surface area contributed by atoms with Crippen LogP contribution >= 0.6 is 11.8 Å². The van der Waals surface area contributed by atoms with E-state index in [1.807, 2.05) is 18.7 Å². The molecular formula is C10H22N2OS. The van der Waals surface area contributed by atoms with E-state index in [-0.39, 0.29) is 11.8 Å². The molecule has 0 aromatic rings. The Kier molecular flexibility index (Phi) is 9.19. The quantitative estimate of drug-likeness (QED) is 0.603. The summed E-state index contributed by atoms with van der Waals surface area (Å²) >= 11 is 1.81. The molecule has 3 N–H and O–H groups in total. The lowest BCUT2D eigenvalue weighted by Crippen LogP contribution is -2.30. The number of hydrogen-bond acceptors (Lipinski definition) is 3. The van der Waals surface area contributed by atoms with Gasteiger partial charge in [-0.2, -0.15) is 11.8 Å². The first-order chi connectivity index (χ1) is 6.72. The average molecular weight is 218 g/mol. The maximum Gasteiger partial charge on any atom is 0.222 e. The Balaban J connectivity index is 3.42. The number of amides is 1. The van der Waals surface area contributed by atoms with Gasteiger partial charge in [-0.05, 0) is 37.8 Å². The number of nitrogens with two attached hydrogens (primary N) is 1. The number of carbonyl (C=O) groups is 1. The molecule has 3 nitrogen and oxygen atoms in total. The zero-order chi connectivity index (χ0) is 10.8. The van der Waals surface area contributed by atoms with Crippen LogP contribution in [0.5, 0.6) is 0 Å². The lowest BCUT2D eigenvalue weighted by Gasteiger charge is -2.11. The van der Waals surface area contributed by atoms with Crippen molar-refractivity contribution < 1.29 is 4.79 Å². The van der Waals surface area contributed by atoms with E-state index >= 15 is 0 Å². The van der Waals surface area contributed by atoms with Crippen LogP contribution in [0.1, 0.15) is 26.2 Å². The molecule has 0 bridgehead atoms. The largest absolute Gasteiger partial charge is 0.356 e. The van der Waals surface area contributed by atoms with Gasteiger partial charge in [0.25, 0.3) is 0 Å². The van der Waals surface area contributed by atoms with Gasteiger partial charge >= 0.3 is 0 Å². The van der Waals surface area contributed by atoms with Crippen molar-refractivity contribution in [1.82, 2.24) is 5.32 Å². The fourth-order valence-corrected chi connectivity index (χ4v) is 1.59. The highest BCUT2D eigenvalue weighted by Gasteiger charge is 2.10. The fourth-order valence-electron chi connectivity index (χ4n) is 1.16. The Morgan fingerprint density at radius 2 is 2.21 bits per heavy atom. The van der Waals surface area contributed by atoms with Crippen LogP contribution in [0.15, 0.2) is 0 Å². The highest BCUT2D eigenvalue weighted by Crippen LogP contribution is 2.04. The van der Waals surface area contributed by atoms with Gasteiger partial charge in [-0.1, -0.05) is 6.92 Å². The minimum atomic E-state index is 0.104. The molecule has 0 saturated heterocycles. The van der Waals surface area contributed by atoms with Gasteiger partial charge in [-0.15, -0.1) is 0 Å². The van der Waals surface area contributed by atoms with Crippen LogP contribution in [0.25, 0.3) is 0 Å². The third-order valence-electron chi connectivity index (χ3n) is 2.11. The molecule has 0 fully saturated rings. The standard InChI is InChI=1S/C10H22N2OS/c1-9(5-3-6-11)10(13)12-7-4-8-14-2/h9H,3-8,11H2,1-2H3,(H,12,13). The van der Waals surface area contributed by atoms with Gasteiger partial charge in [0.15, 0.2) is 0 Å². The maximum absolute atomic E-state index is 11.5. The zero-order valence-electron chi connectivity index (χ0n) is 9.21. The lowest BCUT2D eigenvalue weighted by atomic mass is 10.1. The summed E-state index contributed by atoms with van der Waals surface area (Å²) in [5.41, 5.74) is 5.38. The molecule has 0 radical (unpaired) electrons. The number of rotatable bonds is 8. The normalized spacial score (nSPS) is 12.5. The molecule has 84 valence electrons. The number of carbonyl (C=O) groups excluding carboxylic acids is 1. The van der Waals surface area contributed by atoms with E-state index in [4.69, 9.17) is 5.73 Å². The van der Waals surface area contributed by atoms with Gasteiger partial charge in [0, 0.05) is 12.5 Å². The van der Waals surface area contributed by atoms with Gasteiger partial charge < -0.3 is 11.1 Å². The van der Waals surface area contributed by atoms with E-state index in [1.165, 1.54) is 0 Å². The van der Waals surface area contributed by atoms with Crippen LogP contribution in [-0.2, 0) is 4.79 Å². The minimum absolute atomic E-state index is 0.104. The average Bonchev–Trinajstić information content (AvgIpc) is 2.20. The Labute approximate surface area is 91.2 Å².